The number of phenols is 1. The van der Waals surface area contributed by atoms with E-state index in [0.717, 1.165) is 12.0 Å². The number of methoxy groups -OCH3 is 1. The molecule has 4 nitrogen and oxygen atoms in total. The van der Waals surface area contributed by atoms with Crippen LogP contribution in [0.3, 0.4) is 0 Å². The van der Waals surface area contributed by atoms with Crippen molar-refractivity contribution in [3.05, 3.63) is 23.8 Å². The summed E-state index contributed by atoms with van der Waals surface area (Å²) >= 11 is 0. The standard InChI is InChI=1S/C12H19NO3/c1-3-10(8-14)13-7-9-5-4-6-11(16-2)12(9)15/h4-6,10,13-15H,3,7-8H2,1-2H3/t10-/m0/s1. The zero-order valence-corrected chi connectivity index (χ0v) is 9.73. The Morgan fingerprint density at radius 1 is 1.44 bits per heavy atom. The third-order valence-electron chi connectivity index (χ3n) is 2.60. The molecule has 1 rings (SSSR count). The molecule has 0 aliphatic carbocycles. The zero-order chi connectivity index (χ0) is 12.0. The van der Waals surface area contributed by atoms with Crippen molar-refractivity contribution in [2.45, 2.75) is 25.9 Å². The van der Waals surface area contributed by atoms with Crippen LogP contribution in [0.1, 0.15) is 18.9 Å². The second-order valence-electron chi connectivity index (χ2n) is 3.64. The minimum atomic E-state index is 0.0607. The molecule has 3 N–H and O–H groups in total. The van der Waals surface area contributed by atoms with Crippen LogP contribution < -0.4 is 10.1 Å². The van der Waals surface area contributed by atoms with Gasteiger partial charge in [-0.15, -0.1) is 0 Å². The Balaban J connectivity index is 2.66. The summed E-state index contributed by atoms with van der Waals surface area (Å²) in [7, 11) is 1.52. The van der Waals surface area contributed by atoms with Crippen molar-refractivity contribution < 1.29 is 14.9 Å². The molecule has 0 heterocycles. The van der Waals surface area contributed by atoms with Gasteiger partial charge in [0.2, 0.25) is 0 Å². The summed E-state index contributed by atoms with van der Waals surface area (Å²) in [5.74, 6) is 0.627. The molecule has 0 bridgehead atoms. The van der Waals surface area contributed by atoms with E-state index in [-0.39, 0.29) is 18.4 Å². The first-order chi connectivity index (χ1) is 7.72. The summed E-state index contributed by atoms with van der Waals surface area (Å²) in [6.45, 7) is 2.61. The second-order valence-corrected chi connectivity index (χ2v) is 3.64. The Kier molecular flexibility index (Phi) is 5.08. The number of para-hydroxylation sites is 1. The largest absolute Gasteiger partial charge is 0.504 e. The highest BCUT2D eigenvalue weighted by atomic mass is 16.5. The van der Waals surface area contributed by atoms with Crippen molar-refractivity contribution in [2.75, 3.05) is 13.7 Å². The molecule has 16 heavy (non-hydrogen) atoms. The van der Waals surface area contributed by atoms with Gasteiger partial charge in [0.15, 0.2) is 11.5 Å². The molecule has 0 aliphatic heterocycles. The van der Waals surface area contributed by atoms with E-state index in [1.54, 1.807) is 6.07 Å². The molecule has 0 aliphatic rings. The number of benzene rings is 1. The Labute approximate surface area is 95.9 Å². The van der Waals surface area contributed by atoms with Crippen LogP contribution in [0.4, 0.5) is 0 Å². The highest BCUT2D eigenvalue weighted by Crippen LogP contribution is 2.29. The van der Waals surface area contributed by atoms with Gasteiger partial charge in [0.1, 0.15) is 0 Å². The van der Waals surface area contributed by atoms with Gasteiger partial charge in [-0.05, 0) is 12.5 Å². The number of hydrogen-bond donors (Lipinski definition) is 3. The van der Waals surface area contributed by atoms with Crippen LogP contribution in [0, 0.1) is 0 Å². The number of aliphatic hydroxyl groups is 1. The lowest BCUT2D eigenvalue weighted by Gasteiger charge is -2.15. The number of nitrogens with one attached hydrogen (secondary N) is 1. The van der Waals surface area contributed by atoms with Gasteiger partial charge in [-0.1, -0.05) is 19.1 Å². The van der Waals surface area contributed by atoms with Gasteiger partial charge in [0.05, 0.1) is 13.7 Å². The Hall–Kier alpha value is -1.26. The Bertz CT molecular complexity index is 324. The van der Waals surface area contributed by atoms with Crippen LogP contribution in [-0.4, -0.2) is 30.0 Å². The van der Waals surface area contributed by atoms with E-state index >= 15 is 0 Å². The van der Waals surface area contributed by atoms with Gasteiger partial charge in [-0.2, -0.15) is 0 Å². The van der Waals surface area contributed by atoms with Crippen LogP contribution in [0.25, 0.3) is 0 Å². The number of ether oxygens (including phenoxy) is 1. The Morgan fingerprint density at radius 3 is 2.75 bits per heavy atom. The molecular formula is C12H19NO3. The molecule has 0 spiro atoms. The molecule has 4 heteroatoms. The first-order valence-corrected chi connectivity index (χ1v) is 5.42. The quantitative estimate of drug-likeness (QED) is 0.682. The maximum atomic E-state index is 9.82. The molecule has 1 atom stereocenters. The highest BCUT2D eigenvalue weighted by molar-refractivity contribution is 5.45. The molecule has 0 radical (unpaired) electrons. The molecule has 0 amide bonds. The van der Waals surface area contributed by atoms with E-state index in [1.165, 1.54) is 7.11 Å². The van der Waals surface area contributed by atoms with Gasteiger partial charge < -0.3 is 20.3 Å². The lowest BCUT2D eigenvalue weighted by atomic mass is 10.1. The fourth-order valence-electron chi connectivity index (χ4n) is 1.47. The summed E-state index contributed by atoms with van der Waals surface area (Å²) in [6.07, 6.45) is 0.848. The van der Waals surface area contributed by atoms with Gasteiger partial charge >= 0.3 is 0 Å². The fourth-order valence-corrected chi connectivity index (χ4v) is 1.47. The highest BCUT2D eigenvalue weighted by Gasteiger charge is 2.09. The third kappa shape index (κ3) is 3.12. The molecule has 0 fully saturated rings. The van der Waals surface area contributed by atoms with Crippen LogP contribution in [0.2, 0.25) is 0 Å². The zero-order valence-electron chi connectivity index (χ0n) is 9.73. The molecule has 90 valence electrons. The lowest BCUT2D eigenvalue weighted by Crippen LogP contribution is -2.31. The molecule has 0 saturated carbocycles. The van der Waals surface area contributed by atoms with Crippen molar-refractivity contribution >= 4 is 0 Å². The smallest absolute Gasteiger partial charge is 0.162 e. The predicted molar refractivity (Wildman–Crippen MR) is 62.7 cm³/mol. The predicted octanol–water partition coefficient (Wildman–Crippen LogP) is 1.26. The average molecular weight is 225 g/mol. The average Bonchev–Trinajstić information content (AvgIpc) is 2.32. The van der Waals surface area contributed by atoms with Gasteiger partial charge in [-0.3, -0.25) is 0 Å². The van der Waals surface area contributed by atoms with Crippen molar-refractivity contribution in [1.29, 1.82) is 0 Å². The van der Waals surface area contributed by atoms with Crippen LogP contribution in [-0.2, 0) is 6.54 Å². The summed E-state index contributed by atoms with van der Waals surface area (Å²) < 4.78 is 5.02. The van der Waals surface area contributed by atoms with E-state index in [0.29, 0.717) is 12.3 Å². The van der Waals surface area contributed by atoms with Crippen LogP contribution in [0.5, 0.6) is 11.5 Å². The van der Waals surface area contributed by atoms with E-state index < -0.39 is 0 Å². The first-order valence-electron chi connectivity index (χ1n) is 5.42. The maximum Gasteiger partial charge on any atom is 0.162 e. The molecule has 1 aromatic carbocycles. The summed E-state index contributed by atoms with van der Waals surface area (Å²) in [5.41, 5.74) is 0.770. The van der Waals surface area contributed by atoms with Crippen LogP contribution in [0.15, 0.2) is 18.2 Å². The molecule has 0 aromatic heterocycles. The van der Waals surface area contributed by atoms with E-state index in [9.17, 15) is 5.11 Å². The monoisotopic (exact) mass is 225 g/mol. The number of aromatic hydroxyl groups is 1. The number of rotatable bonds is 6. The number of hydrogen-bond acceptors (Lipinski definition) is 4. The van der Waals surface area contributed by atoms with Crippen LogP contribution >= 0.6 is 0 Å². The van der Waals surface area contributed by atoms with Gasteiger partial charge in [0.25, 0.3) is 0 Å². The minimum Gasteiger partial charge on any atom is -0.504 e. The molecular weight excluding hydrogens is 206 g/mol. The number of aliphatic hydroxyl groups excluding tert-OH is 1. The van der Waals surface area contributed by atoms with Gasteiger partial charge in [0, 0.05) is 18.2 Å². The van der Waals surface area contributed by atoms with Crippen molar-refractivity contribution in [1.82, 2.24) is 5.32 Å². The lowest BCUT2D eigenvalue weighted by molar-refractivity contribution is 0.237. The maximum absolute atomic E-state index is 9.82. The fraction of sp³-hybridized carbons (Fsp3) is 0.500. The van der Waals surface area contributed by atoms with Crippen molar-refractivity contribution in [2.24, 2.45) is 0 Å². The summed E-state index contributed by atoms with van der Waals surface area (Å²) in [4.78, 5) is 0. The van der Waals surface area contributed by atoms with Gasteiger partial charge in [-0.25, -0.2) is 0 Å². The molecule has 1 aromatic rings. The molecule has 0 saturated heterocycles. The second kappa shape index (κ2) is 6.35. The third-order valence-corrected chi connectivity index (χ3v) is 2.60. The summed E-state index contributed by atoms with van der Waals surface area (Å²) in [6, 6.07) is 5.43. The molecule has 0 unspecified atom stereocenters. The Morgan fingerprint density at radius 2 is 2.19 bits per heavy atom. The topological polar surface area (TPSA) is 61.7 Å². The van der Waals surface area contributed by atoms with E-state index in [2.05, 4.69) is 5.32 Å². The normalized spacial score (nSPS) is 12.4. The van der Waals surface area contributed by atoms with Crippen molar-refractivity contribution in [3.8, 4) is 11.5 Å². The first kappa shape index (κ1) is 12.8. The van der Waals surface area contributed by atoms with Crippen molar-refractivity contribution in [3.63, 3.8) is 0 Å². The van der Waals surface area contributed by atoms with E-state index in [4.69, 9.17) is 9.84 Å². The summed E-state index contributed by atoms with van der Waals surface area (Å²) in [5, 5.41) is 22.0. The SMILES string of the molecule is CC[C@@H](CO)NCc1cccc(OC)c1O. The minimum absolute atomic E-state index is 0.0607. The number of phenolic OH excluding ortho intramolecular Hbond substituents is 1. The van der Waals surface area contributed by atoms with E-state index in [1.807, 2.05) is 19.1 Å².